The van der Waals surface area contributed by atoms with Crippen molar-refractivity contribution in [3.05, 3.63) is 56.5 Å². The molecule has 0 radical (unpaired) electrons. The van der Waals surface area contributed by atoms with Gasteiger partial charge in [-0.25, -0.2) is 0 Å². The van der Waals surface area contributed by atoms with Gasteiger partial charge >= 0.3 is 0 Å². The first-order valence-corrected chi connectivity index (χ1v) is 5.99. The summed E-state index contributed by atoms with van der Waals surface area (Å²) in [6.07, 6.45) is 0. The minimum atomic E-state index is 0.510. The molecule has 2 rings (SSSR count). The Bertz CT molecular complexity index is 514. The molecule has 0 atom stereocenters. The third kappa shape index (κ3) is 2.64. The highest BCUT2D eigenvalue weighted by Gasteiger charge is 2.04. The summed E-state index contributed by atoms with van der Waals surface area (Å²) in [5.74, 6) is 0. The minimum absolute atomic E-state index is 0.510. The zero-order valence-corrected chi connectivity index (χ0v) is 11.0. The Morgan fingerprint density at radius 2 is 1.19 bits per heavy atom. The van der Waals surface area contributed by atoms with Crippen molar-refractivity contribution in [2.75, 3.05) is 0 Å². The fraction of sp³-hybridized carbons (Fsp3) is 0. The standard InChI is InChI=1S/C12H6Cl4/c13-9-3-8(4-10(14)6-9)7-1-2-11(15)12(16)5-7/h1-6H. The molecule has 16 heavy (non-hydrogen) atoms. The molecular formula is C12H6Cl4. The predicted octanol–water partition coefficient (Wildman–Crippen LogP) is 5.97. The third-order valence-electron chi connectivity index (χ3n) is 2.12. The van der Waals surface area contributed by atoms with E-state index in [9.17, 15) is 0 Å². The number of hydrogen-bond acceptors (Lipinski definition) is 0. The Balaban J connectivity index is 2.54. The second-order valence-corrected chi connectivity index (χ2v) is 4.97. The van der Waals surface area contributed by atoms with Gasteiger partial charge in [-0.1, -0.05) is 52.5 Å². The normalized spacial score (nSPS) is 10.5. The summed E-state index contributed by atoms with van der Waals surface area (Å²) in [6.45, 7) is 0. The van der Waals surface area contributed by atoms with Crippen molar-refractivity contribution in [3.63, 3.8) is 0 Å². The van der Waals surface area contributed by atoms with E-state index in [2.05, 4.69) is 0 Å². The zero-order valence-electron chi connectivity index (χ0n) is 7.98. The smallest absolute Gasteiger partial charge is 0.0598 e. The van der Waals surface area contributed by atoms with Gasteiger partial charge in [0.25, 0.3) is 0 Å². The van der Waals surface area contributed by atoms with Crippen LogP contribution in [0.15, 0.2) is 36.4 Å². The molecule has 0 unspecified atom stereocenters. The van der Waals surface area contributed by atoms with Crippen molar-refractivity contribution < 1.29 is 0 Å². The van der Waals surface area contributed by atoms with Gasteiger partial charge < -0.3 is 0 Å². The second kappa shape index (κ2) is 4.85. The molecule has 0 heterocycles. The molecule has 0 aliphatic rings. The molecule has 0 amide bonds. The first-order valence-electron chi connectivity index (χ1n) is 4.48. The van der Waals surface area contributed by atoms with Crippen LogP contribution in [-0.2, 0) is 0 Å². The number of rotatable bonds is 1. The van der Waals surface area contributed by atoms with E-state index < -0.39 is 0 Å². The summed E-state index contributed by atoms with van der Waals surface area (Å²) in [7, 11) is 0. The van der Waals surface area contributed by atoms with Crippen LogP contribution in [0.25, 0.3) is 11.1 Å². The SMILES string of the molecule is Clc1cc(Cl)cc(-c2ccc(Cl)c(Cl)c2)c1. The van der Waals surface area contributed by atoms with E-state index in [1.807, 2.05) is 18.2 Å². The van der Waals surface area contributed by atoms with Crippen LogP contribution in [0.5, 0.6) is 0 Å². The monoisotopic (exact) mass is 290 g/mol. The summed E-state index contributed by atoms with van der Waals surface area (Å²) in [6, 6.07) is 10.7. The Morgan fingerprint density at radius 1 is 0.562 bits per heavy atom. The number of hydrogen-bond donors (Lipinski definition) is 0. The molecule has 82 valence electrons. The van der Waals surface area contributed by atoms with E-state index in [-0.39, 0.29) is 0 Å². The van der Waals surface area contributed by atoms with Crippen LogP contribution in [0, 0.1) is 0 Å². The van der Waals surface area contributed by atoms with Crippen molar-refractivity contribution in [3.8, 4) is 11.1 Å². The molecule has 0 N–H and O–H groups in total. The summed E-state index contributed by atoms with van der Waals surface area (Å²) in [5, 5.41) is 2.22. The molecule has 2 aromatic carbocycles. The van der Waals surface area contributed by atoms with Gasteiger partial charge in [0.2, 0.25) is 0 Å². The maximum absolute atomic E-state index is 5.95. The highest BCUT2D eigenvalue weighted by atomic mass is 35.5. The first kappa shape index (κ1) is 12.1. The van der Waals surface area contributed by atoms with Crippen LogP contribution in [0.3, 0.4) is 0 Å². The lowest BCUT2D eigenvalue weighted by Gasteiger charge is -2.05. The molecule has 0 saturated heterocycles. The van der Waals surface area contributed by atoms with Gasteiger partial charge in [0, 0.05) is 10.0 Å². The molecule has 0 bridgehead atoms. The molecular weight excluding hydrogens is 286 g/mol. The average Bonchev–Trinajstić information content (AvgIpc) is 2.20. The zero-order chi connectivity index (χ0) is 11.7. The maximum Gasteiger partial charge on any atom is 0.0598 e. The molecule has 0 fully saturated rings. The fourth-order valence-electron chi connectivity index (χ4n) is 1.40. The van der Waals surface area contributed by atoms with Crippen LogP contribution in [-0.4, -0.2) is 0 Å². The summed E-state index contributed by atoms with van der Waals surface area (Å²) >= 11 is 23.6. The van der Waals surface area contributed by atoms with Crippen LogP contribution in [0.2, 0.25) is 20.1 Å². The quantitative estimate of drug-likeness (QED) is 0.607. The van der Waals surface area contributed by atoms with Crippen molar-refractivity contribution in [1.29, 1.82) is 0 Å². The Morgan fingerprint density at radius 3 is 1.75 bits per heavy atom. The third-order valence-corrected chi connectivity index (χ3v) is 3.29. The molecule has 0 aromatic heterocycles. The Hall–Kier alpha value is -0.400. The summed E-state index contributed by atoms with van der Waals surface area (Å²) < 4.78 is 0. The van der Waals surface area contributed by atoms with Crippen molar-refractivity contribution >= 4 is 46.4 Å². The number of benzene rings is 2. The van der Waals surface area contributed by atoms with Crippen LogP contribution >= 0.6 is 46.4 Å². The minimum Gasteiger partial charge on any atom is -0.0843 e. The van der Waals surface area contributed by atoms with E-state index >= 15 is 0 Å². The molecule has 0 nitrogen and oxygen atoms in total. The average molecular weight is 292 g/mol. The predicted molar refractivity (Wildman–Crippen MR) is 71.9 cm³/mol. The van der Waals surface area contributed by atoms with E-state index in [1.165, 1.54) is 0 Å². The maximum atomic E-state index is 5.95. The second-order valence-electron chi connectivity index (χ2n) is 3.29. The Kier molecular flexibility index (Phi) is 3.66. The van der Waals surface area contributed by atoms with Gasteiger partial charge in [-0.2, -0.15) is 0 Å². The van der Waals surface area contributed by atoms with Crippen molar-refractivity contribution in [1.82, 2.24) is 0 Å². The molecule has 2 aromatic rings. The van der Waals surface area contributed by atoms with Crippen LogP contribution < -0.4 is 0 Å². The van der Waals surface area contributed by atoms with E-state index in [4.69, 9.17) is 46.4 Å². The summed E-state index contributed by atoms with van der Waals surface area (Å²) in [4.78, 5) is 0. The highest BCUT2D eigenvalue weighted by molar-refractivity contribution is 6.42. The molecule has 4 heteroatoms. The van der Waals surface area contributed by atoms with E-state index in [0.29, 0.717) is 20.1 Å². The molecule has 0 aliphatic carbocycles. The molecule has 0 aliphatic heterocycles. The summed E-state index contributed by atoms with van der Waals surface area (Å²) in [5.41, 5.74) is 1.84. The highest BCUT2D eigenvalue weighted by Crippen LogP contribution is 2.31. The largest absolute Gasteiger partial charge is 0.0843 e. The lowest BCUT2D eigenvalue weighted by Crippen LogP contribution is -1.79. The van der Waals surface area contributed by atoms with Gasteiger partial charge in [-0.15, -0.1) is 0 Å². The van der Waals surface area contributed by atoms with Gasteiger partial charge in [0.05, 0.1) is 10.0 Å². The van der Waals surface area contributed by atoms with Gasteiger partial charge in [0.1, 0.15) is 0 Å². The Labute approximate surface area is 114 Å². The van der Waals surface area contributed by atoms with Gasteiger partial charge in [-0.05, 0) is 41.5 Å². The lowest BCUT2D eigenvalue weighted by molar-refractivity contribution is 1.61. The number of halogens is 4. The van der Waals surface area contributed by atoms with Crippen LogP contribution in [0.4, 0.5) is 0 Å². The van der Waals surface area contributed by atoms with Crippen LogP contribution in [0.1, 0.15) is 0 Å². The topological polar surface area (TPSA) is 0 Å². The molecule has 0 spiro atoms. The van der Waals surface area contributed by atoms with E-state index in [0.717, 1.165) is 11.1 Å². The van der Waals surface area contributed by atoms with Crippen molar-refractivity contribution in [2.24, 2.45) is 0 Å². The fourth-order valence-corrected chi connectivity index (χ4v) is 2.22. The first-order chi connectivity index (χ1) is 7.56. The lowest BCUT2D eigenvalue weighted by atomic mass is 10.1. The molecule has 0 saturated carbocycles. The van der Waals surface area contributed by atoms with Gasteiger partial charge in [0.15, 0.2) is 0 Å². The van der Waals surface area contributed by atoms with E-state index in [1.54, 1.807) is 18.2 Å². The van der Waals surface area contributed by atoms with Gasteiger partial charge in [-0.3, -0.25) is 0 Å². The van der Waals surface area contributed by atoms with Crippen molar-refractivity contribution in [2.45, 2.75) is 0 Å².